The highest BCUT2D eigenvalue weighted by atomic mass is 35.5. The number of hydrogen-bond acceptors (Lipinski definition) is 3. The Labute approximate surface area is 144 Å². The molecule has 0 radical (unpaired) electrons. The first-order valence-corrected chi connectivity index (χ1v) is 7.80. The second-order valence-corrected chi connectivity index (χ2v) is 5.91. The molecule has 2 aromatic heterocycles. The minimum atomic E-state index is -0.283. The first-order valence-electron chi connectivity index (χ1n) is 7.80. The van der Waals surface area contributed by atoms with E-state index in [-0.39, 0.29) is 23.8 Å². The van der Waals surface area contributed by atoms with Crippen LogP contribution in [0.2, 0.25) is 0 Å². The van der Waals surface area contributed by atoms with Crippen molar-refractivity contribution in [2.75, 3.05) is 13.1 Å². The van der Waals surface area contributed by atoms with Crippen LogP contribution in [-0.4, -0.2) is 27.7 Å². The Morgan fingerprint density at radius 1 is 1.17 bits per heavy atom. The zero-order valence-corrected chi connectivity index (χ0v) is 13.8. The second kappa shape index (κ2) is 6.75. The first-order chi connectivity index (χ1) is 11.2. The number of hydrogen-bond donors (Lipinski definition) is 2. The number of piperidine rings is 1. The minimum Gasteiger partial charge on any atom is -0.317 e. The summed E-state index contributed by atoms with van der Waals surface area (Å²) in [6.07, 6.45) is 3.71. The fourth-order valence-electron chi connectivity index (χ4n) is 3.26. The predicted octanol–water partition coefficient (Wildman–Crippen LogP) is 2.72. The maximum Gasteiger partial charge on any atom is 0.251 e. The van der Waals surface area contributed by atoms with Crippen LogP contribution >= 0.6 is 12.4 Å². The van der Waals surface area contributed by atoms with E-state index < -0.39 is 0 Å². The summed E-state index contributed by atoms with van der Waals surface area (Å²) in [4.78, 5) is 15.0. The third-order valence-corrected chi connectivity index (χ3v) is 4.45. The molecule has 0 saturated carbocycles. The molecular formula is C17H18ClFN4O. The lowest BCUT2D eigenvalue weighted by atomic mass is 9.94. The molecule has 1 aromatic carbocycles. The van der Waals surface area contributed by atoms with Crippen molar-refractivity contribution in [1.82, 2.24) is 19.9 Å². The molecule has 1 aliphatic rings. The van der Waals surface area contributed by atoms with Crippen molar-refractivity contribution < 1.29 is 4.39 Å². The first kappa shape index (κ1) is 16.7. The summed E-state index contributed by atoms with van der Waals surface area (Å²) in [5.41, 5.74) is 3.11. The van der Waals surface area contributed by atoms with E-state index in [1.165, 1.54) is 12.1 Å². The number of nitrogens with zero attached hydrogens (tertiary/aromatic N) is 2. The Morgan fingerprint density at radius 3 is 2.58 bits per heavy atom. The van der Waals surface area contributed by atoms with E-state index >= 15 is 0 Å². The van der Waals surface area contributed by atoms with Crippen molar-refractivity contribution >= 4 is 18.1 Å². The molecule has 7 heteroatoms. The molecule has 0 spiro atoms. The van der Waals surface area contributed by atoms with E-state index in [4.69, 9.17) is 0 Å². The highest BCUT2D eigenvalue weighted by Crippen LogP contribution is 2.28. The third kappa shape index (κ3) is 2.95. The van der Waals surface area contributed by atoms with Crippen LogP contribution in [0.5, 0.6) is 0 Å². The molecular weight excluding hydrogens is 331 g/mol. The zero-order chi connectivity index (χ0) is 15.8. The van der Waals surface area contributed by atoms with Crippen LogP contribution in [0.25, 0.3) is 16.8 Å². The van der Waals surface area contributed by atoms with Crippen LogP contribution in [0.1, 0.15) is 24.5 Å². The van der Waals surface area contributed by atoms with E-state index in [1.807, 2.05) is 4.52 Å². The molecule has 3 heterocycles. The van der Waals surface area contributed by atoms with Crippen LogP contribution in [0.4, 0.5) is 4.39 Å². The summed E-state index contributed by atoms with van der Waals surface area (Å²) < 4.78 is 14.9. The fourth-order valence-corrected chi connectivity index (χ4v) is 3.26. The summed E-state index contributed by atoms with van der Waals surface area (Å²) in [6, 6.07) is 7.86. The number of fused-ring (bicyclic) bond motifs is 1. The number of rotatable bonds is 2. The Kier molecular flexibility index (Phi) is 4.69. The molecule has 4 rings (SSSR count). The Morgan fingerprint density at radius 2 is 1.88 bits per heavy atom. The highest BCUT2D eigenvalue weighted by molar-refractivity contribution is 5.85. The molecule has 0 atom stereocenters. The number of benzene rings is 1. The van der Waals surface area contributed by atoms with Crippen LogP contribution < -0.4 is 10.9 Å². The maximum absolute atomic E-state index is 13.1. The molecule has 2 N–H and O–H groups in total. The van der Waals surface area contributed by atoms with Gasteiger partial charge in [-0.05, 0) is 43.6 Å². The van der Waals surface area contributed by atoms with Gasteiger partial charge in [0, 0.05) is 17.5 Å². The average Bonchev–Trinajstić information content (AvgIpc) is 2.99. The molecule has 0 bridgehead atoms. The molecule has 24 heavy (non-hydrogen) atoms. The highest BCUT2D eigenvalue weighted by Gasteiger charge is 2.20. The molecule has 0 amide bonds. The summed E-state index contributed by atoms with van der Waals surface area (Å²) in [5, 5.41) is 7.80. The SMILES string of the molecule is Cl.O=c1cc(C2CCNCC2)n2ncc(-c3ccc(F)cc3)c2[nH]1. The minimum absolute atomic E-state index is 0. The van der Waals surface area contributed by atoms with Crippen LogP contribution in [0.15, 0.2) is 41.3 Å². The van der Waals surface area contributed by atoms with Gasteiger partial charge in [-0.25, -0.2) is 8.91 Å². The monoisotopic (exact) mass is 348 g/mol. The number of aromatic amines is 1. The Bertz CT molecular complexity index is 897. The lowest BCUT2D eigenvalue weighted by molar-refractivity contribution is 0.446. The third-order valence-electron chi connectivity index (χ3n) is 4.45. The van der Waals surface area contributed by atoms with Gasteiger partial charge in [-0.3, -0.25) is 4.79 Å². The zero-order valence-electron chi connectivity index (χ0n) is 13.0. The molecule has 3 aromatic rings. The summed E-state index contributed by atoms with van der Waals surface area (Å²) in [5.74, 6) is 0.0381. The molecule has 1 aliphatic heterocycles. The van der Waals surface area contributed by atoms with Crippen molar-refractivity contribution in [2.45, 2.75) is 18.8 Å². The van der Waals surface area contributed by atoms with Gasteiger partial charge in [0.25, 0.3) is 5.56 Å². The van der Waals surface area contributed by atoms with Crippen molar-refractivity contribution in [3.05, 3.63) is 58.4 Å². The number of H-pyrrole nitrogens is 1. The number of halogens is 2. The van der Waals surface area contributed by atoms with Crippen LogP contribution in [-0.2, 0) is 0 Å². The topological polar surface area (TPSA) is 62.2 Å². The smallest absolute Gasteiger partial charge is 0.251 e. The van der Waals surface area contributed by atoms with Crippen molar-refractivity contribution in [3.63, 3.8) is 0 Å². The van der Waals surface area contributed by atoms with Gasteiger partial charge in [-0.15, -0.1) is 12.4 Å². The van der Waals surface area contributed by atoms with E-state index in [0.717, 1.165) is 42.8 Å². The van der Waals surface area contributed by atoms with Gasteiger partial charge in [0.05, 0.1) is 11.9 Å². The van der Waals surface area contributed by atoms with E-state index in [9.17, 15) is 9.18 Å². The molecule has 0 unspecified atom stereocenters. The Balaban J connectivity index is 0.00000169. The van der Waals surface area contributed by atoms with Gasteiger partial charge in [0.1, 0.15) is 11.5 Å². The van der Waals surface area contributed by atoms with Gasteiger partial charge in [0.2, 0.25) is 0 Å². The molecule has 1 fully saturated rings. The maximum atomic E-state index is 13.1. The molecule has 0 aliphatic carbocycles. The lowest BCUT2D eigenvalue weighted by Gasteiger charge is -2.23. The van der Waals surface area contributed by atoms with E-state index in [2.05, 4.69) is 15.4 Å². The predicted molar refractivity (Wildman–Crippen MR) is 93.3 cm³/mol. The van der Waals surface area contributed by atoms with E-state index in [1.54, 1.807) is 24.4 Å². The normalized spacial score (nSPS) is 15.4. The van der Waals surface area contributed by atoms with Gasteiger partial charge < -0.3 is 10.3 Å². The largest absolute Gasteiger partial charge is 0.317 e. The Hall–Kier alpha value is -2.18. The summed E-state index contributed by atoms with van der Waals surface area (Å²) >= 11 is 0. The fraction of sp³-hybridized carbons (Fsp3) is 0.294. The molecule has 5 nitrogen and oxygen atoms in total. The van der Waals surface area contributed by atoms with Gasteiger partial charge in [-0.2, -0.15) is 5.10 Å². The number of aromatic nitrogens is 3. The molecule has 1 saturated heterocycles. The van der Waals surface area contributed by atoms with Gasteiger partial charge in [0.15, 0.2) is 0 Å². The van der Waals surface area contributed by atoms with Crippen molar-refractivity contribution in [1.29, 1.82) is 0 Å². The summed E-state index contributed by atoms with van der Waals surface area (Å²) in [6.45, 7) is 1.90. The van der Waals surface area contributed by atoms with Crippen molar-refractivity contribution in [2.24, 2.45) is 0 Å². The average molecular weight is 349 g/mol. The van der Waals surface area contributed by atoms with Crippen LogP contribution in [0.3, 0.4) is 0 Å². The van der Waals surface area contributed by atoms with Gasteiger partial charge >= 0.3 is 0 Å². The van der Waals surface area contributed by atoms with E-state index in [0.29, 0.717) is 11.6 Å². The standard InChI is InChI=1S/C17H17FN4O.ClH/c18-13-3-1-11(2-4-13)14-10-20-22-15(9-16(23)21-17(14)22)12-5-7-19-8-6-12;/h1-4,9-10,12,19H,5-8H2,(H,21,23);1H. The molecule has 126 valence electrons. The lowest BCUT2D eigenvalue weighted by Crippen LogP contribution is -2.28. The summed E-state index contributed by atoms with van der Waals surface area (Å²) in [7, 11) is 0. The number of nitrogens with one attached hydrogen (secondary N) is 2. The quantitative estimate of drug-likeness (QED) is 0.748. The second-order valence-electron chi connectivity index (χ2n) is 5.91. The van der Waals surface area contributed by atoms with Crippen LogP contribution in [0, 0.1) is 5.82 Å². The van der Waals surface area contributed by atoms with Crippen molar-refractivity contribution in [3.8, 4) is 11.1 Å². The van der Waals surface area contributed by atoms with Gasteiger partial charge in [-0.1, -0.05) is 12.1 Å².